The highest BCUT2D eigenvalue weighted by Gasteiger charge is 2.14. The summed E-state index contributed by atoms with van der Waals surface area (Å²) < 4.78 is 32.1. The number of benzene rings is 1. The minimum atomic E-state index is -3.45. The second-order valence-electron chi connectivity index (χ2n) is 4.57. The van der Waals surface area contributed by atoms with Gasteiger partial charge >= 0.3 is 0 Å². The first kappa shape index (κ1) is 15.7. The highest BCUT2D eigenvalue weighted by atomic mass is 32.2. The van der Waals surface area contributed by atoms with Crippen molar-refractivity contribution in [2.75, 3.05) is 6.54 Å². The normalized spacial score (nSPS) is 11.6. The zero-order valence-electron chi connectivity index (χ0n) is 11.6. The van der Waals surface area contributed by atoms with Crippen molar-refractivity contribution >= 4 is 10.0 Å². The standard InChI is InChI=1S/C14H21NO3S/c1-5-6-9-15-19(16,17)13-7-8-14(12(4)10-13)18-11(2)3/h5,7-8,10-11,15H,1,6,9H2,2-4H3. The number of ether oxygens (including phenoxy) is 1. The topological polar surface area (TPSA) is 55.4 Å². The van der Waals surface area contributed by atoms with E-state index in [9.17, 15) is 8.42 Å². The van der Waals surface area contributed by atoms with Gasteiger partial charge in [-0.2, -0.15) is 0 Å². The smallest absolute Gasteiger partial charge is 0.240 e. The highest BCUT2D eigenvalue weighted by Crippen LogP contribution is 2.22. The Bertz CT molecular complexity index is 536. The van der Waals surface area contributed by atoms with Gasteiger partial charge in [0.15, 0.2) is 0 Å². The lowest BCUT2D eigenvalue weighted by molar-refractivity contribution is 0.240. The second kappa shape index (κ2) is 6.73. The summed E-state index contributed by atoms with van der Waals surface area (Å²) >= 11 is 0. The molecule has 0 saturated carbocycles. The summed E-state index contributed by atoms with van der Waals surface area (Å²) in [5.74, 6) is 0.708. The summed E-state index contributed by atoms with van der Waals surface area (Å²) in [6, 6.07) is 4.87. The van der Waals surface area contributed by atoms with Crippen LogP contribution in [0.5, 0.6) is 5.75 Å². The van der Waals surface area contributed by atoms with Crippen molar-refractivity contribution in [2.45, 2.75) is 38.2 Å². The molecule has 0 atom stereocenters. The third-order valence-corrected chi connectivity index (χ3v) is 3.92. The molecule has 4 nitrogen and oxygen atoms in total. The molecule has 0 fully saturated rings. The molecule has 0 unspecified atom stereocenters. The number of aryl methyl sites for hydroxylation is 1. The molecule has 19 heavy (non-hydrogen) atoms. The van der Waals surface area contributed by atoms with E-state index in [1.165, 1.54) is 0 Å². The largest absolute Gasteiger partial charge is 0.491 e. The number of sulfonamides is 1. The Morgan fingerprint density at radius 2 is 2.11 bits per heavy atom. The average molecular weight is 283 g/mol. The van der Waals surface area contributed by atoms with E-state index in [1.54, 1.807) is 24.3 Å². The van der Waals surface area contributed by atoms with E-state index in [2.05, 4.69) is 11.3 Å². The van der Waals surface area contributed by atoms with E-state index in [4.69, 9.17) is 4.74 Å². The van der Waals surface area contributed by atoms with E-state index in [-0.39, 0.29) is 11.0 Å². The van der Waals surface area contributed by atoms with Gasteiger partial charge in [-0.25, -0.2) is 13.1 Å². The molecule has 0 bridgehead atoms. The Labute approximate surface area is 115 Å². The Morgan fingerprint density at radius 1 is 1.42 bits per heavy atom. The predicted molar refractivity (Wildman–Crippen MR) is 76.9 cm³/mol. The van der Waals surface area contributed by atoms with Crippen LogP contribution in [0.4, 0.5) is 0 Å². The van der Waals surface area contributed by atoms with Crippen molar-refractivity contribution in [2.24, 2.45) is 0 Å². The highest BCUT2D eigenvalue weighted by molar-refractivity contribution is 7.89. The zero-order valence-corrected chi connectivity index (χ0v) is 12.5. The molecule has 1 aromatic carbocycles. The van der Waals surface area contributed by atoms with Gasteiger partial charge in [0.05, 0.1) is 11.0 Å². The fraction of sp³-hybridized carbons (Fsp3) is 0.429. The van der Waals surface area contributed by atoms with Crippen LogP contribution in [0.25, 0.3) is 0 Å². The average Bonchev–Trinajstić information content (AvgIpc) is 2.31. The summed E-state index contributed by atoms with van der Waals surface area (Å²) in [7, 11) is -3.45. The van der Waals surface area contributed by atoms with Gasteiger partial charge in [-0.15, -0.1) is 6.58 Å². The van der Waals surface area contributed by atoms with Gasteiger partial charge in [-0.05, 0) is 51.0 Å². The van der Waals surface area contributed by atoms with Crippen molar-refractivity contribution < 1.29 is 13.2 Å². The van der Waals surface area contributed by atoms with Gasteiger partial charge in [-0.3, -0.25) is 0 Å². The summed E-state index contributed by atoms with van der Waals surface area (Å²) in [6.45, 7) is 9.61. The quantitative estimate of drug-likeness (QED) is 0.618. The van der Waals surface area contributed by atoms with Crippen LogP contribution in [0.3, 0.4) is 0 Å². The molecule has 106 valence electrons. The van der Waals surface area contributed by atoms with Gasteiger partial charge in [-0.1, -0.05) is 6.08 Å². The third-order valence-electron chi connectivity index (χ3n) is 2.46. The van der Waals surface area contributed by atoms with Crippen LogP contribution in [0, 0.1) is 6.92 Å². The maximum absolute atomic E-state index is 12.0. The zero-order chi connectivity index (χ0) is 14.5. The number of rotatable bonds is 7. The summed E-state index contributed by atoms with van der Waals surface area (Å²) in [5.41, 5.74) is 0.806. The van der Waals surface area contributed by atoms with Crippen LogP contribution in [0.2, 0.25) is 0 Å². The molecule has 5 heteroatoms. The molecule has 0 spiro atoms. The van der Waals surface area contributed by atoms with Crippen molar-refractivity contribution in [1.29, 1.82) is 0 Å². The molecule has 0 heterocycles. The monoisotopic (exact) mass is 283 g/mol. The lowest BCUT2D eigenvalue weighted by Gasteiger charge is -2.13. The molecule has 0 aromatic heterocycles. The van der Waals surface area contributed by atoms with Crippen LogP contribution in [0.1, 0.15) is 25.8 Å². The number of hydrogen-bond donors (Lipinski definition) is 1. The van der Waals surface area contributed by atoms with Crippen molar-refractivity contribution in [1.82, 2.24) is 4.72 Å². The van der Waals surface area contributed by atoms with Gasteiger partial charge < -0.3 is 4.74 Å². The van der Waals surface area contributed by atoms with Crippen LogP contribution < -0.4 is 9.46 Å². The van der Waals surface area contributed by atoms with Gasteiger partial charge in [0.1, 0.15) is 5.75 Å². The molecule has 0 aliphatic carbocycles. The molecular weight excluding hydrogens is 262 g/mol. The van der Waals surface area contributed by atoms with Crippen LogP contribution in [-0.4, -0.2) is 21.1 Å². The minimum Gasteiger partial charge on any atom is -0.491 e. The first-order chi connectivity index (χ1) is 8.86. The summed E-state index contributed by atoms with van der Waals surface area (Å²) in [6.07, 6.45) is 2.34. The van der Waals surface area contributed by atoms with Gasteiger partial charge in [0, 0.05) is 6.54 Å². The first-order valence-electron chi connectivity index (χ1n) is 6.24. The summed E-state index contributed by atoms with van der Waals surface area (Å²) in [4.78, 5) is 0.255. The lowest BCUT2D eigenvalue weighted by Crippen LogP contribution is -2.24. The van der Waals surface area contributed by atoms with Crippen molar-refractivity contribution in [3.05, 3.63) is 36.4 Å². The lowest BCUT2D eigenvalue weighted by atomic mass is 10.2. The SMILES string of the molecule is C=CCCNS(=O)(=O)c1ccc(OC(C)C)c(C)c1. The van der Waals surface area contributed by atoms with E-state index in [1.807, 2.05) is 20.8 Å². The van der Waals surface area contributed by atoms with Crippen molar-refractivity contribution in [3.8, 4) is 5.75 Å². The molecule has 0 aliphatic heterocycles. The summed E-state index contributed by atoms with van der Waals surface area (Å²) in [5, 5.41) is 0. The molecule has 0 amide bonds. The molecule has 1 N–H and O–H groups in total. The van der Waals surface area contributed by atoms with E-state index < -0.39 is 10.0 Å². The van der Waals surface area contributed by atoms with Crippen LogP contribution in [0.15, 0.2) is 35.7 Å². The Kier molecular flexibility index (Phi) is 5.57. The maximum atomic E-state index is 12.0. The van der Waals surface area contributed by atoms with Crippen LogP contribution in [-0.2, 0) is 10.0 Å². The number of hydrogen-bond acceptors (Lipinski definition) is 3. The third kappa shape index (κ3) is 4.69. The Hall–Kier alpha value is -1.33. The molecule has 1 aromatic rings. The molecule has 0 aliphatic rings. The second-order valence-corrected chi connectivity index (χ2v) is 6.34. The van der Waals surface area contributed by atoms with Crippen LogP contribution >= 0.6 is 0 Å². The fourth-order valence-corrected chi connectivity index (χ4v) is 2.69. The van der Waals surface area contributed by atoms with E-state index in [0.29, 0.717) is 18.7 Å². The van der Waals surface area contributed by atoms with E-state index >= 15 is 0 Å². The molecule has 0 saturated heterocycles. The van der Waals surface area contributed by atoms with Gasteiger partial charge in [0.25, 0.3) is 0 Å². The fourth-order valence-electron chi connectivity index (χ4n) is 1.55. The Balaban J connectivity index is 2.90. The van der Waals surface area contributed by atoms with Gasteiger partial charge in [0.2, 0.25) is 10.0 Å². The minimum absolute atomic E-state index is 0.0619. The molecular formula is C14H21NO3S. The van der Waals surface area contributed by atoms with Crippen molar-refractivity contribution in [3.63, 3.8) is 0 Å². The predicted octanol–water partition coefficient (Wildman–Crippen LogP) is 2.64. The first-order valence-corrected chi connectivity index (χ1v) is 7.73. The van der Waals surface area contributed by atoms with E-state index in [0.717, 1.165) is 5.56 Å². The molecule has 1 rings (SSSR count). The maximum Gasteiger partial charge on any atom is 0.240 e. The number of nitrogens with one attached hydrogen (secondary N) is 1. The Morgan fingerprint density at radius 3 is 2.63 bits per heavy atom. The molecule has 0 radical (unpaired) electrons.